The number of nitrogens with zero attached hydrogens (tertiary/aromatic N) is 1. The summed E-state index contributed by atoms with van der Waals surface area (Å²) in [4.78, 5) is 2.42. The van der Waals surface area contributed by atoms with E-state index in [0.717, 1.165) is 23.5 Å². The first-order valence-electron chi connectivity index (χ1n) is 26.6. The molecule has 2 atom stereocenters. The molecule has 2 unspecified atom stereocenters. The number of anilines is 3. The van der Waals surface area contributed by atoms with Gasteiger partial charge in [-0.25, -0.2) is 0 Å². The van der Waals surface area contributed by atoms with E-state index < -0.39 is 5.41 Å². The Hall–Kier alpha value is -9.08. The Bertz CT molecular complexity index is 4390. The van der Waals surface area contributed by atoms with Gasteiger partial charge in [-0.15, -0.1) is 11.3 Å². The molecule has 0 saturated heterocycles. The monoisotopic (exact) mass is 983 g/mol. The van der Waals surface area contributed by atoms with Gasteiger partial charge in [0.25, 0.3) is 0 Å². The van der Waals surface area contributed by atoms with Crippen LogP contribution in [0.15, 0.2) is 279 Å². The zero-order valence-corrected chi connectivity index (χ0v) is 42.5. The Kier molecular flexibility index (Phi) is 9.53. The number of thiophene rings is 1. The van der Waals surface area contributed by atoms with Crippen LogP contribution in [0.4, 0.5) is 17.1 Å². The summed E-state index contributed by atoms with van der Waals surface area (Å²) < 4.78 is 2.61. The van der Waals surface area contributed by atoms with Crippen LogP contribution in [0.25, 0.3) is 75.5 Å². The molecule has 16 rings (SSSR count). The summed E-state index contributed by atoms with van der Waals surface area (Å²) >= 11 is 1.86. The van der Waals surface area contributed by atoms with Gasteiger partial charge in [0.2, 0.25) is 0 Å². The summed E-state index contributed by atoms with van der Waals surface area (Å²) in [7, 11) is 0. The van der Waals surface area contributed by atoms with E-state index in [1.54, 1.807) is 0 Å². The molecule has 0 radical (unpaired) electrons. The van der Waals surface area contributed by atoms with Crippen LogP contribution in [-0.2, 0) is 10.8 Å². The largest absolute Gasteiger partial charge is 0.310 e. The molecular weight excluding hydrogens is 935 g/mol. The molecule has 356 valence electrons. The van der Waals surface area contributed by atoms with Gasteiger partial charge < -0.3 is 4.90 Å². The second kappa shape index (κ2) is 16.7. The zero-order valence-electron chi connectivity index (χ0n) is 41.7. The first-order valence-corrected chi connectivity index (χ1v) is 27.5. The predicted molar refractivity (Wildman–Crippen MR) is 320 cm³/mol. The third-order valence-electron chi connectivity index (χ3n) is 17.4. The Balaban J connectivity index is 0.839. The Morgan fingerprint density at radius 2 is 0.908 bits per heavy atom. The molecule has 2 heteroatoms. The molecule has 1 fully saturated rings. The van der Waals surface area contributed by atoms with Crippen LogP contribution in [-0.4, -0.2) is 0 Å². The van der Waals surface area contributed by atoms with Crippen molar-refractivity contribution in [2.75, 3.05) is 4.90 Å². The minimum atomic E-state index is -0.474. The minimum absolute atomic E-state index is 0.0598. The lowest BCUT2D eigenvalue weighted by Crippen LogP contribution is -2.29. The van der Waals surface area contributed by atoms with Gasteiger partial charge >= 0.3 is 0 Å². The molecule has 13 aromatic rings. The molecule has 1 nitrogen and oxygen atoms in total. The van der Waals surface area contributed by atoms with Crippen molar-refractivity contribution < 1.29 is 0 Å². The molecule has 1 saturated carbocycles. The zero-order chi connectivity index (χ0) is 50.0. The van der Waals surface area contributed by atoms with Crippen LogP contribution < -0.4 is 4.90 Å². The summed E-state index contributed by atoms with van der Waals surface area (Å²) in [6.45, 7) is 0. The van der Waals surface area contributed by atoms with E-state index in [0.29, 0.717) is 5.92 Å². The Morgan fingerprint density at radius 3 is 1.66 bits per heavy atom. The van der Waals surface area contributed by atoms with Gasteiger partial charge in [-0.2, -0.15) is 0 Å². The van der Waals surface area contributed by atoms with Crippen LogP contribution in [0.1, 0.15) is 51.3 Å². The third-order valence-corrected chi connectivity index (χ3v) is 18.5. The second-order valence-electron chi connectivity index (χ2n) is 21.1. The fourth-order valence-corrected chi connectivity index (χ4v) is 15.0. The van der Waals surface area contributed by atoms with E-state index in [2.05, 4.69) is 284 Å². The van der Waals surface area contributed by atoms with Crippen LogP contribution in [0.2, 0.25) is 0 Å². The molecule has 76 heavy (non-hydrogen) atoms. The van der Waals surface area contributed by atoms with Crippen LogP contribution in [0, 0.1) is 0 Å². The van der Waals surface area contributed by atoms with Crippen molar-refractivity contribution >= 4 is 59.3 Å². The smallest absolute Gasteiger partial charge is 0.0713 e. The highest BCUT2D eigenvalue weighted by Gasteiger charge is 2.61. The van der Waals surface area contributed by atoms with Crippen molar-refractivity contribution in [3.05, 3.63) is 318 Å². The van der Waals surface area contributed by atoms with Gasteiger partial charge in [-0.3, -0.25) is 0 Å². The normalized spacial score (nSPS) is 16.4. The van der Waals surface area contributed by atoms with E-state index in [9.17, 15) is 0 Å². The van der Waals surface area contributed by atoms with Gasteiger partial charge in [-0.05, 0) is 167 Å². The molecule has 3 aliphatic rings. The molecule has 12 aromatic carbocycles. The Morgan fingerprint density at radius 1 is 0.329 bits per heavy atom. The summed E-state index contributed by atoms with van der Waals surface area (Å²) in [5, 5.41) is 5.10. The second-order valence-corrected chi connectivity index (χ2v) is 22.2. The number of benzene rings is 12. The van der Waals surface area contributed by atoms with Crippen molar-refractivity contribution in [2.24, 2.45) is 0 Å². The fraction of sp³-hybridized carbons (Fsp3) is 0.0541. The van der Waals surface area contributed by atoms with Crippen LogP contribution >= 0.6 is 11.3 Å². The van der Waals surface area contributed by atoms with Crippen molar-refractivity contribution in [1.82, 2.24) is 0 Å². The van der Waals surface area contributed by atoms with Gasteiger partial charge in [0, 0.05) is 42.6 Å². The fourth-order valence-electron chi connectivity index (χ4n) is 13.9. The van der Waals surface area contributed by atoms with E-state index >= 15 is 0 Å². The third kappa shape index (κ3) is 6.32. The lowest BCUT2D eigenvalue weighted by Gasteiger charge is -2.36. The number of hydrogen-bond donors (Lipinski definition) is 0. The maximum absolute atomic E-state index is 2.58. The maximum Gasteiger partial charge on any atom is 0.0713 e. The molecule has 0 spiro atoms. The van der Waals surface area contributed by atoms with Crippen LogP contribution in [0.5, 0.6) is 0 Å². The highest BCUT2D eigenvalue weighted by molar-refractivity contribution is 7.25. The molecule has 0 aliphatic heterocycles. The summed E-state index contributed by atoms with van der Waals surface area (Å²) in [5.74, 6) is 0.408. The highest BCUT2D eigenvalue weighted by Crippen LogP contribution is 2.70. The first-order chi connectivity index (χ1) is 37.6. The standard InChI is InChI=1S/C74H49NS/c1-3-18-52(19-4-1)73-47-70(73)62-41-35-54(74(53-20-5-2-6-21-53)68-27-12-9-23-60(68)61-24-10-13-28-69(61)74)45-64(62)65-44-51(34-42-67(65)73)48-30-36-55(37-31-48)75(57-40-43-72-66(46-57)63-25-11-14-29-71(63)76-72)56-38-32-50(33-39-56)59-26-15-17-49-16-7-8-22-58(49)59/h1-46,70H,47H2. The molecule has 1 aromatic heterocycles. The molecule has 0 N–H and O–H groups in total. The Labute approximate surface area is 447 Å². The van der Waals surface area contributed by atoms with Crippen molar-refractivity contribution in [3.63, 3.8) is 0 Å². The molecular formula is C74H49NS. The summed E-state index contributed by atoms with van der Waals surface area (Å²) in [6.07, 6.45) is 1.10. The molecule has 0 bridgehead atoms. The van der Waals surface area contributed by atoms with E-state index in [1.807, 2.05) is 11.3 Å². The van der Waals surface area contributed by atoms with E-state index in [1.165, 1.54) is 114 Å². The molecule has 0 amide bonds. The minimum Gasteiger partial charge on any atom is -0.310 e. The summed E-state index contributed by atoms with van der Waals surface area (Å²) in [5.41, 5.74) is 22.6. The van der Waals surface area contributed by atoms with Crippen molar-refractivity contribution in [3.8, 4) is 44.5 Å². The van der Waals surface area contributed by atoms with Gasteiger partial charge in [0.05, 0.1) is 5.41 Å². The van der Waals surface area contributed by atoms with E-state index in [4.69, 9.17) is 0 Å². The summed E-state index contributed by atoms with van der Waals surface area (Å²) in [6, 6.07) is 105. The first kappa shape index (κ1) is 43.3. The lowest BCUT2D eigenvalue weighted by atomic mass is 9.66. The SMILES string of the molecule is c1ccc(C2(c3ccc4c(c3)-c3cc(-c5ccc(N(c6ccc(-c7cccc8ccccc78)cc6)c6ccc7sc8ccccc8c7c6)cc5)ccc3C3(c5ccccc5)CC43)c3ccccc3-c3ccccc32)cc1. The average molecular weight is 984 g/mol. The lowest BCUT2D eigenvalue weighted by molar-refractivity contribution is 0.762. The van der Waals surface area contributed by atoms with Gasteiger partial charge in [0.15, 0.2) is 0 Å². The number of rotatable bonds is 8. The number of hydrogen-bond acceptors (Lipinski definition) is 2. The average Bonchev–Trinajstić information content (AvgIpc) is 4.28. The van der Waals surface area contributed by atoms with Crippen LogP contribution in [0.3, 0.4) is 0 Å². The maximum atomic E-state index is 2.58. The highest BCUT2D eigenvalue weighted by atomic mass is 32.1. The van der Waals surface area contributed by atoms with Gasteiger partial charge in [0.1, 0.15) is 0 Å². The predicted octanol–water partition coefficient (Wildman–Crippen LogP) is 19.8. The van der Waals surface area contributed by atoms with E-state index in [-0.39, 0.29) is 5.41 Å². The van der Waals surface area contributed by atoms with Crippen molar-refractivity contribution in [2.45, 2.75) is 23.2 Å². The molecule has 1 heterocycles. The topological polar surface area (TPSA) is 3.24 Å². The number of fused-ring (bicyclic) bond motifs is 13. The van der Waals surface area contributed by atoms with Gasteiger partial charge in [-0.1, -0.05) is 218 Å². The molecule has 3 aliphatic carbocycles. The quantitative estimate of drug-likeness (QED) is 0.147. The van der Waals surface area contributed by atoms with Crippen molar-refractivity contribution in [1.29, 1.82) is 0 Å².